The van der Waals surface area contributed by atoms with Gasteiger partial charge in [-0.05, 0) is 24.3 Å². The second-order valence-electron chi connectivity index (χ2n) is 3.16. The normalized spacial score (nSPS) is 9.94. The number of rotatable bonds is 3. The van der Waals surface area contributed by atoms with Gasteiger partial charge in [0, 0.05) is 6.20 Å². The Bertz CT molecular complexity index is 546. The Labute approximate surface area is 95.6 Å². The van der Waals surface area contributed by atoms with Gasteiger partial charge in [0.2, 0.25) is 5.75 Å². The number of aromatic nitrogens is 1. The molecule has 2 rings (SSSR count). The molecule has 0 N–H and O–H groups in total. The monoisotopic (exact) mass is 234 g/mol. The van der Waals surface area contributed by atoms with Crippen LogP contribution in [-0.2, 0) is 0 Å². The van der Waals surface area contributed by atoms with Gasteiger partial charge in [-0.2, -0.15) is 0 Å². The van der Waals surface area contributed by atoms with Crippen LogP contribution in [0.5, 0.6) is 11.5 Å². The van der Waals surface area contributed by atoms with Gasteiger partial charge in [0.25, 0.3) is 0 Å². The molecule has 2 aromatic rings. The molecule has 1 aromatic carbocycles. The molecule has 0 radical (unpaired) electrons. The lowest BCUT2D eigenvalue weighted by Gasteiger charge is -2.05. The Kier molecular flexibility index (Phi) is 2.95. The predicted octanol–water partition coefficient (Wildman–Crippen LogP) is 2.92. The highest BCUT2D eigenvalue weighted by atomic mass is 19.1. The first-order valence-corrected chi connectivity index (χ1v) is 4.68. The smallest absolute Gasteiger partial charge is 0.314 e. The lowest BCUT2D eigenvalue weighted by atomic mass is 10.3. The van der Waals surface area contributed by atoms with Crippen molar-refractivity contribution in [2.75, 3.05) is 0 Å². The third kappa shape index (κ3) is 2.54. The van der Waals surface area contributed by atoms with Crippen molar-refractivity contribution in [1.82, 2.24) is 4.98 Å². The second-order valence-corrected chi connectivity index (χ2v) is 3.16. The molecule has 0 amide bonds. The highest BCUT2D eigenvalue weighted by Gasteiger charge is 2.16. The molecular formula is C11H7FN2O3. The molecule has 0 saturated heterocycles. The van der Waals surface area contributed by atoms with E-state index in [1.165, 1.54) is 12.3 Å². The SMILES string of the molecule is O=[N+]([O-])c1cc(F)ccc1Oc1cccnc1. The molecule has 0 aliphatic carbocycles. The highest BCUT2D eigenvalue weighted by molar-refractivity contribution is 5.48. The van der Waals surface area contributed by atoms with Crippen LogP contribution in [0.25, 0.3) is 0 Å². The molecule has 0 unspecified atom stereocenters. The van der Waals surface area contributed by atoms with Crippen LogP contribution < -0.4 is 4.74 Å². The van der Waals surface area contributed by atoms with Crippen molar-refractivity contribution < 1.29 is 14.1 Å². The van der Waals surface area contributed by atoms with E-state index in [2.05, 4.69) is 4.98 Å². The van der Waals surface area contributed by atoms with Gasteiger partial charge in [0.05, 0.1) is 17.2 Å². The van der Waals surface area contributed by atoms with Crippen molar-refractivity contribution in [2.45, 2.75) is 0 Å². The van der Waals surface area contributed by atoms with E-state index >= 15 is 0 Å². The summed E-state index contributed by atoms with van der Waals surface area (Å²) in [6, 6.07) is 6.34. The summed E-state index contributed by atoms with van der Waals surface area (Å²) in [6.45, 7) is 0. The summed E-state index contributed by atoms with van der Waals surface area (Å²) in [6.07, 6.45) is 2.96. The van der Waals surface area contributed by atoms with Gasteiger partial charge in [-0.3, -0.25) is 15.1 Å². The molecule has 1 heterocycles. The van der Waals surface area contributed by atoms with Gasteiger partial charge in [0.1, 0.15) is 11.6 Å². The van der Waals surface area contributed by atoms with Crippen LogP contribution in [0.3, 0.4) is 0 Å². The number of benzene rings is 1. The fourth-order valence-electron chi connectivity index (χ4n) is 1.25. The van der Waals surface area contributed by atoms with Crippen LogP contribution in [0.15, 0.2) is 42.7 Å². The van der Waals surface area contributed by atoms with Crippen molar-refractivity contribution in [3.63, 3.8) is 0 Å². The first kappa shape index (κ1) is 11.0. The van der Waals surface area contributed by atoms with Crippen LogP contribution in [0, 0.1) is 15.9 Å². The molecule has 0 atom stereocenters. The number of hydrogen-bond donors (Lipinski definition) is 0. The largest absolute Gasteiger partial charge is 0.449 e. The molecule has 0 bridgehead atoms. The van der Waals surface area contributed by atoms with Gasteiger partial charge >= 0.3 is 5.69 Å². The molecule has 0 spiro atoms. The van der Waals surface area contributed by atoms with Crippen LogP contribution in [-0.4, -0.2) is 9.91 Å². The van der Waals surface area contributed by atoms with E-state index in [1.807, 2.05) is 0 Å². The minimum atomic E-state index is -0.700. The Balaban J connectivity index is 2.36. The van der Waals surface area contributed by atoms with Gasteiger partial charge in [0.15, 0.2) is 0 Å². The van der Waals surface area contributed by atoms with Crippen molar-refractivity contribution in [3.05, 3.63) is 58.7 Å². The van der Waals surface area contributed by atoms with Crippen LogP contribution in [0.2, 0.25) is 0 Å². The number of pyridine rings is 1. The molecule has 86 valence electrons. The molecular weight excluding hydrogens is 227 g/mol. The second kappa shape index (κ2) is 4.56. The van der Waals surface area contributed by atoms with E-state index < -0.39 is 16.4 Å². The summed E-state index contributed by atoms with van der Waals surface area (Å²) < 4.78 is 18.1. The third-order valence-corrected chi connectivity index (χ3v) is 1.98. The summed E-state index contributed by atoms with van der Waals surface area (Å²) in [7, 11) is 0. The number of nitro benzene ring substituents is 1. The van der Waals surface area contributed by atoms with Crippen LogP contribution in [0.4, 0.5) is 10.1 Å². The Morgan fingerprint density at radius 2 is 2.18 bits per heavy atom. The number of halogens is 1. The Morgan fingerprint density at radius 1 is 1.35 bits per heavy atom. The molecule has 17 heavy (non-hydrogen) atoms. The van der Waals surface area contributed by atoms with E-state index in [-0.39, 0.29) is 5.75 Å². The van der Waals surface area contributed by atoms with E-state index in [0.717, 1.165) is 12.1 Å². The van der Waals surface area contributed by atoms with Crippen molar-refractivity contribution in [3.8, 4) is 11.5 Å². The maximum absolute atomic E-state index is 12.9. The first-order chi connectivity index (χ1) is 8.16. The standard InChI is InChI=1S/C11H7FN2O3/c12-8-3-4-11(10(6-8)14(15)16)17-9-2-1-5-13-7-9/h1-7H. The summed E-state index contributed by atoms with van der Waals surface area (Å²) in [5, 5.41) is 10.7. The Morgan fingerprint density at radius 3 is 2.82 bits per heavy atom. The van der Waals surface area contributed by atoms with E-state index in [0.29, 0.717) is 5.75 Å². The quantitative estimate of drug-likeness (QED) is 0.605. The summed E-state index contributed by atoms with van der Waals surface area (Å²) in [4.78, 5) is 13.8. The van der Waals surface area contributed by atoms with E-state index in [4.69, 9.17) is 4.74 Å². The molecule has 1 aromatic heterocycles. The molecule has 0 fully saturated rings. The average Bonchev–Trinajstić information content (AvgIpc) is 2.32. The third-order valence-electron chi connectivity index (χ3n) is 1.98. The number of nitrogens with zero attached hydrogens (tertiary/aromatic N) is 2. The lowest BCUT2D eigenvalue weighted by Crippen LogP contribution is -1.94. The zero-order chi connectivity index (χ0) is 12.3. The zero-order valence-electron chi connectivity index (χ0n) is 8.54. The van der Waals surface area contributed by atoms with Crippen LogP contribution >= 0.6 is 0 Å². The topological polar surface area (TPSA) is 65.3 Å². The number of hydrogen-bond acceptors (Lipinski definition) is 4. The predicted molar refractivity (Wildman–Crippen MR) is 57.4 cm³/mol. The maximum Gasteiger partial charge on any atom is 0.314 e. The van der Waals surface area contributed by atoms with Crippen molar-refractivity contribution >= 4 is 5.69 Å². The van der Waals surface area contributed by atoms with E-state index in [1.54, 1.807) is 18.3 Å². The lowest BCUT2D eigenvalue weighted by molar-refractivity contribution is -0.385. The summed E-state index contributed by atoms with van der Waals surface area (Å²) >= 11 is 0. The fraction of sp³-hybridized carbons (Fsp3) is 0. The fourth-order valence-corrected chi connectivity index (χ4v) is 1.25. The maximum atomic E-state index is 12.9. The number of ether oxygens (including phenoxy) is 1. The van der Waals surface area contributed by atoms with Crippen LogP contribution in [0.1, 0.15) is 0 Å². The van der Waals surface area contributed by atoms with Gasteiger partial charge in [-0.15, -0.1) is 0 Å². The Hall–Kier alpha value is -2.50. The van der Waals surface area contributed by atoms with Gasteiger partial charge in [-0.25, -0.2) is 4.39 Å². The summed E-state index contributed by atoms with van der Waals surface area (Å²) in [5.74, 6) is -0.359. The highest BCUT2D eigenvalue weighted by Crippen LogP contribution is 2.31. The molecule has 0 saturated carbocycles. The van der Waals surface area contributed by atoms with E-state index in [9.17, 15) is 14.5 Å². The van der Waals surface area contributed by atoms with Crippen molar-refractivity contribution in [1.29, 1.82) is 0 Å². The summed E-state index contributed by atoms with van der Waals surface area (Å²) in [5.41, 5.74) is -0.422. The minimum Gasteiger partial charge on any atom is -0.449 e. The molecule has 6 heteroatoms. The first-order valence-electron chi connectivity index (χ1n) is 4.68. The zero-order valence-corrected chi connectivity index (χ0v) is 8.54. The minimum absolute atomic E-state index is 0.0237. The molecule has 0 aliphatic heterocycles. The average molecular weight is 234 g/mol. The van der Waals surface area contributed by atoms with Crippen molar-refractivity contribution in [2.24, 2.45) is 0 Å². The van der Waals surface area contributed by atoms with Gasteiger partial charge in [-0.1, -0.05) is 0 Å². The molecule has 0 aliphatic rings. The molecule has 5 nitrogen and oxygen atoms in total. The number of nitro groups is 1. The van der Waals surface area contributed by atoms with Gasteiger partial charge < -0.3 is 4.74 Å².